The summed E-state index contributed by atoms with van der Waals surface area (Å²) in [5.41, 5.74) is 1.18. The lowest BCUT2D eigenvalue weighted by molar-refractivity contribution is 0.0517. The number of carbonyl (C=O) groups excluding carboxylic acids is 1. The number of hydrogen-bond acceptors (Lipinski definition) is 5. The van der Waals surface area contributed by atoms with E-state index in [2.05, 4.69) is 10.3 Å². The van der Waals surface area contributed by atoms with Crippen LogP contribution in [0.15, 0.2) is 0 Å². The van der Waals surface area contributed by atoms with Crippen molar-refractivity contribution >= 4 is 5.97 Å². The molecule has 0 aromatic carbocycles. The van der Waals surface area contributed by atoms with Gasteiger partial charge in [0.15, 0.2) is 5.69 Å². The number of methoxy groups -OCH3 is 1. The van der Waals surface area contributed by atoms with Gasteiger partial charge in [-0.3, -0.25) is 0 Å². The Morgan fingerprint density at radius 3 is 2.68 bits per heavy atom. The van der Waals surface area contributed by atoms with E-state index in [1.54, 1.807) is 18.7 Å². The third-order valence-electron chi connectivity index (χ3n) is 2.76. The Morgan fingerprint density at radius 1 is 1.37 bits per heavy atom. The SMILES string of the molecule is CCOC(=O)c1nnn(CCCCOC)c1C(C)C. The number of unbranched alkanes of at least 4 members (excludes halogenated alkanes) is 1. The molecule has 6 nitrogen and oxygen atoms in total. The molecule has 0 N–H and O–H groups in total. The summed E-state index contributed by atoms with van der Waals surface area (Å²) < 4.78 is 11.8. The fourth-order valence-electron chi connectivity index (χ4n) is 1.91. The molecular formula is C13H23N3O3. The average Bonchev–Trinajstić information content (AvgIpc) is 2.79. The molecule has 0 spiro atoms. The van der Waals surface area contributed by atoms with E-state index in [-0.39, 0.29) is 5.92 Å². The van der Waals surface area contributed by atoms with Crippen molar-refractivity contribution in [2.75, 3.05) is 20.3 Å². The molecule has 1 aromatic heterocycles. The van der Waals surface area contributed by atoms with Crippen molar-refractivity contribution in [1.82, 2.24) is 15.0 Å². The highest BCUT2D eigenvalue weighted by atomic mass is 16.5. The molecule has 0 saturated heterocycles. The van der Waals surface area contributed by atoms with Crippen molar-refractivity contribution in [1.29, 1.82) is 0 Å². The van der Waals surface area contributed by atoms with Crippen LogP contribution in [0.1, 0.15) is 55.7 Å². The van der Waals surface area contributed by atoms with E-state index in [0.29, 0.717) is 12.3 Å². The number of hydrogen-bond donors (Lipinski definition) is 0. The predicted octanol–water partition coefficient (Wildman–Crippen LogP) is 2.00. The predicted molar refractivity (Wildman–Crippen MR) is 71.2 cm³/mol. The van der Waals surface area contributed by atoms with Crippen LogP contribution in [0, 0.1) is 0 Å². The number of esters is 1. The van der Waals surface area contributed by atoms with Gasteiger partial charge in [0.2, 0.25) is 0 Å². The van der Waals surface area contributed by atoms with Gasteiger partial charge < -0.3 is 9.47 Å². The highest BCUT2D eigenvalue weighted by Crippen LogP contribution is 2.19. The first kappa shape index (κ1) is 15.6. The number of ether oxygens (including phenoxy) is 2. The Morgan fingerprint density at radius 2 is 2.11 bits per heavy atom. The van der Waals surface area contributed by atoms with Crippen molar-refractivity contribution in [3.8, 4) is 0 Å². The molecule has 0 aliphatic carbocycles. The van der Waals surface area contributed by atoms with Crippen molar-refractivity contribution < 1.29 is 14.3 Å². The molecule has 19 heavy (non-hydrogen) atoms. The molecule has 0 bridgehead atoms. The van der Waals surface area contributed by atoms with E-state index in [4.69, 9.17) is 9.47 Å². The van der Waals surface area contributed by atoms with Gasteiger partial charge in [-0.1, -0.05) is 19.1 Å². The summed E-state index contributed by atoms with van der Waals surface area (Å²) in [5, 5.41) is 8.03. The molecular weight excluding hydrogens is 246 g/mol. The van der Waals surface area contributed by atoms with Gasteiger partial charge in [0.25, 0.3) is 0 Å². The first-order chi connectivity index (χ1) is 9.11. The lowest BCUT2D eigenvalue weighted by atomic mass is 10.1. The van der Waals surface area contributed by atoms with Crippen LogP contribution in [-0.2, 0) is 16.0 Å². The van der Waals surface area contributed by atoms with Crippen LogP contribution >= 0.6 is 0 Å². The molecule has 1 rings (SSSR count). The highest BCUT2D eigenvalue weighted by molar-refractivity contribution is 5.88. The van der Waals surface area contributed by atoms with Crippen molar-refractivity contribution in [2.24, 2.45) is 0 Å². The van der Waals surface area contributed by atoms with Gasteiger partial charge in [-0.25, -0.2) is 9.48 Å². The summed E-state index contributed by atoms with van der Waals surface area (Å²) in [6.07, 6.45) is 1.90. The van der Waals surface area contributed by atoms with Gasteiger partial charge in [0.1, 0.15) is 0 Å². The second-order valence-corrected chi connectivity index (χ2v) is 4.62. The van der Waals surface area contributed by atoms with Gasteiger partial charge in [-0.15, -0.1) is 5.10 Å². The molecule has 0 saturated carbocycles. The lowest BCUT2D eigenvalue weighted by Gasteiger charge is -2.10. The first-order valence-electron chi connectivity index (χ1n) is 6.71. The summed E-state index contributed by atoms with van der Waals surface area (Å²) in [5.74, 6) is -0.217. The van der Waals surface area contributed by atoms with Crippen LogP contribution < -0.4 is 0 Å². The van der Waals surface area contributed by atoms with E-state index in [0.717, 1.165) is 31.7 Å². The van der Waals surface area contributed by atoms with E-state index in [9.17, 15) is 4.79 Å². The Bertz CT molecular complexity index is 402. The van der Waals surface area contributed by atoms with Crippen molar-refractivity contribution in [2.45, 2.75) is 46.1 Å². The molecule has 0 aliphatic heterocycles. The average molecular weight is 269 g/mol. The Balaban J connectivity index is 2.78. The second kappa shape index (κ2) is 7.89. The summed E-state index contributed by atoms with van der Waals surface area (Å²) in [6.45, 7) is 7.64. The van der Waals surface area contributed by atoms with Gasteiger partial charge >= 0.3 is 5.97 Å². The normalized spacial score (nSPS) is 11.0. The molecule has 1 heterocycles. The zero-order valence-corrected chi connectivity index (χ0v) is 12.2. The lowest BCUT2D eigenvalue weighted by Crippen LogP contribution is -2.12. The third-order valence-corrected chi connectivity index (χ3v) is 2.76. The van der Waals surface area contributed by atoms with Gasteiger partial charge in [-0.05, 0) is 25.7 Å². The van der Waals surface area contributed by atoms with E-state index < -0.39 is 5.97 Å². The van der Waals surface area contributed by atoms with E-state index in [1.165, 1.54) is 0 Å². The zero-order valence-electron chi connectivity index (χ0n) is 12.2. The molecule has 0 atom stereocenters. The molecule has 6 heteroatoms. The first-order valence-corrected chi connectivity index (χ1v) is 6.71. The Hall–Kier alpha value is -1.43. The number of carbonyl (C=O) groups is 1. The maximum absolute atomic E-state index is 11.8. The van der Waals surface area contributed by atoms with Crippen LogP contribution in [0.4, 0.5) is 0 Å². The summed E-state index contributed by atoms with van der Waals surface area (Å²) in [7, 11) is 1.69. The Labute approximate surface area is 114 Å². The molecule has 0 amide bonds. The molecule has 0 radical (unpaired) electrons. The van der Waals surface area contributed by atoms with Gasteiger partial charge in [-0.2, -0.15) is 0 Å². The molecule has 0 aliphatic rings. The fraction of sp³-hybridized carbons (Fsp3) is 0.769. The zero-order chi connectivity index (χ0) is 14.3. The molecule has 1 aromatic rings. The highest BCUT2D eigenvalue weighted by Gasteiger charge is 2.22. The number of rotatable bonds is 8. The summed E-state index contributed by atoms with van der Waals surface area (Å²) in [4.78, 5) is 11.8. The van der Waals surface area contributed by atoms with E-state index >= 15 is 0 Å². The minimum absolute atomic E-state index is 0.178. The number of nitrogens with zero attached hydrogens (tertiary/aromatic N) is 3. The number of aromatic nitrogens is 3. The van der Waals surface area contributed by atoms with Crippen LogP contribution in [0.25, 0.3) is 0 Å². The fourth-order valence-corrected chi connectivity index (χ4v) is 1.91. The third kappa shape index (κ3) is 4.31. The van der Waals surface area contributed by atoms with Gasteiger partial charge in [0, 0.05) is 20.3 Å². The monoisotopic (exact) mass is 269 g/mol. The van der Waals surface area contributed by atoms with Gasteiger partial charge in [0.05, 0.1) is 12.3 Å². The smallest absolute Gasteiger partial charge is 0.360 e. The maximum atomic E-state index is 11.8. The quantitative estimate of drug-likeness (QED) is 0.533. The second-order valence-electron chi connectivity index (χ2n) is 4.62. The molecule has 0 fully saturated rings. The van der Waals surface area contributed by atoms with Crippen LogP contribution in [0.5, 0.6) is 0 Å². The van der Waals surface area contributed by atoms with E-state index in [1.807, 2.05) is 13.8 Å². The summed E-state index contributed by atoms with van der Waals surface area (Å²) in [6, 6.07) is 0. The molecule has 108 valence electrons. The topological polar surface area (TPSA) is 66.2 Å². The number of aryl methyl sites for hydroxylation is 1. The van der Waals surface area contributed by atoms with Crippen LogP contribution in [0.3, 0.4) is 0 Å². The standard InChI is InChI=1S/C13H23N3O3/c1-5-19-13(17)11-12(10(2)3)16(15-14-11)8-6-7-9-18-4/h10H,5-9H2,1-4H3. The van der Waals surface area contributed by atoms with Crippen molar-refractivity contribution in [3.63, 3.8) is 0 Å². The minimum atomic E-state index is -0.394. The minimum Gasteiger partial charge on any atom is -0.461 e. The van der Waals surface area contributed by atoms with Crippen LogP contribution in [-0.4, -0.2) is 41.3 Å². The van der Waals surface area contributed by atoms with Crippen molar-refractivity contribution in [3.05, 3.63) is 11.4 Å². The Kier molecular flexibility index (Phi) is 6.49. The largest absolute Gasteiger partial charge is 0.461 e. The van der Waals surface area contributed by atoms with Crippen LogP contribution in [0.2, 0.25) is 0 Å². The molecule has 0 unspecified atom stereocenters. The maximum Gasteiger partial charge on any atom is 0.360 e. The summed E-state index contributed by atoms with van der Waals surface area (Å²) >= 11 is 0.